The highest BCUT2D eigenvalue weighted by Gasteiger charge is 2.26. The average molecular weight is 387 g/mol. The molecule has 0 aliphatic heterocycles. The number of halogens is 1. The van der Waals surface area contributed by atoms with Crippen LogP contribution < -0.4 is 5.32 Å². The Morgan fingerprint density at radius 2 is 1.81 bits per heavy atom. The molecule has 0 heterocycles. The SMILES string of the molecule is CCCNC(=O)[C@H](C)N(Cc1ccc(Cl)cc1)C(=O)Cc1cccc(C)c1. The van der Waals surface area contributed by atoms with E-state index >= 15 is 0 Å². The highest BCUT2D eigenvalue weighted by Crippen LogP contribution is 2.15. The molecule has 5 heteroatoms. The molecule has 0 spiro atoms. The molecule has 144 valence electrons. The Bertz CT molecular complexity index is 774. The standard InChI is InChI=1S/C22H27ClN2O2/c1-4-12-24-22(27)17(3)25(15-18-8-10-20(23)11-9-18)21(26)14-19-7-5-6-16(2)13-19/h5-11,13,17H,4,12,14-15H2,1-3H3,(H,24,27)/t17-/m0/s1. The third kappa shape index (κ3) is 6.40. The molecular formula is C22H27ClN2O2. The third-order valence-corrected chi connectivity index (χ3v) is 4.67. The number of benzene rings is 2. The van der Waals surface area contributed by atoms with Crippen molar-refractivity contribution in [3.8, 4) is 0 Å². The minimum atomic E-state index is -0.551. The van der Waals surface area contributed by atoms with Gasteiger partial charge in [-0.1, -0.05) is 60.5 Å². The van der Waals surface area contributed by atoms with E-state index in [0.717, 1.165) is 23.1 Å². The van der Waals surface area contributed by atoms with Crippen LogP contribution in [0.5, 0.6) is 0 Å². The predicted molar refractivity (Wildman–Crippen MR) is 110 cm³/mol. The van der Waals surface area contributed by atoms with Crippen LogP contribution in [0.1, 0.15) is 37.0 Å². The molecule has 0 aromatic heterocycles. The molecule has 2 rings (SSSR count). The topological polar surface area (TPSA) is 49.4 Å². The van der Waals surface area contributed by atoms with Gasteiger partial charge in [0, 0.05) is 18.1 Å². The number of amides is 2. The Morgan fingerprint density at radius 3 is 2.44 bits per heavy atom. The predicted octanol–water partition coefficient (Wildman–Crippen LogP) is 4.13. The van der Waals surface area contributed by atoms with E-state index in [1.807, 2.05) is 50.2 Å². The second-order valence-corrected chi connectivity index (χ2v) is 7.22. The monoisotopic (exact) mass is 386 g/mol. The van der Waals surface area contributed by atoms with E-state index in [-0.39, 0.29) is 18.2 Å². The lowest BCUT2D eigenvalue weighted by molar-refractivity contribution is -0.140. The van der Waals surface area contributed by atoms with Crippen molar-refractivity contribution in [1.29, 1.82) is 0 Å². The minimum absolute atomic E-state index is 0.0744. The van der Waals surface area contributed by atoms with Gasteiger partial charge in [0.15, 0.2) is 0 Å². The van der Waals surface area contributed by atoms with E-state index in [0.29, 0.717) is 18.1 Å². The van der Waals surface area contributed by atoms with Crippen LogP contribution in [0.3, 0.4) is 0 Å². The number of carbonyl (C=O) groups is 2. The van der Waals surface area contributed by atoms with Crippen molar-refractivity contribution in [3.05, 3.63) is 70.2 Å². The first kappa shape index (κ1) is 21.0. The van der Waals surface area contributed by atoms with E-state index in [4.69, 9.17) is 11.6 Å². The largest absolute Gasteiger partial charge is 0.354 e. The Balaban J connectivity index is 2.20. The molecule has 27 heavy (non-hydrogen) atoms. The summed E-state index contributed by atoms with van der Waals surface area (Å²) in [6, 6.07) is 14.7. The normalized spacial score (nSPS) is 11.7. The fourth-order valence-electron chi connectivity index (χ4n) is 2.86. The zero-order valence-electron chi connectivity index (χ0n) is 16.2. The first-order chi connectivity index (χ1) is 12.9. The molecule has 2 amide bonds. The van der Waals surface area contributed by atoms with Gasteiger partial charge in [0.05, 0.1) is 6.42 Å². The van der Waals surface area contributed by atoms with Crippen LogP contribution in [-0.2, 0) is 22.6 Å². The zero-order valence-corrected chi connectivity index (χ0v) is 16.9. The number of aryl methyl sites for hydroxylation is 1. The number of carbonyl (C=O) groups excluding carboxylic acids is 2. The maximum absolute atomic E-state index is 13.0. The van der Waals surface area contributed by atoms with Gasteiger partial charge in [-0.3, -0.25) is 9.59 Å². The molecule has 4 nitrogen and oxygen atoms in total. The highest BCUT2D eigenvalue weighted by atomic mass is 35.5. The molecule has 0 aliphatic rings. The third-order valence-electron chi connectivity index (χ3n) is 4.42. The fraction of sp³-hybridized carbons (Fsp3) is 0.364. The van der Waals surface area contributed by atoms with Crippen molar-refractivity contribution in [3.63, 3.8) is 0 Å². The number of hydrogen-bond acceptors (Lipinski definition) is 2. The second-order valence-electron chi connectivity index (χ2n) is 6.78. The first-order valence-corrected chi connectivity index (χ1v) is 9.65. The summed E-state index contributed by atoms with van der Waals surface area (Å²) in [4.78, 5) is 27.1. The van der Waals surface area contributed by atoms with Crippen LogP contribution in [-0.4, -0.2) is 29.3 Å². The van der Waals surface area contributed by atoms with Crippen molar-refractivity contribution in [2.75, 3.05) is 6.54 Å². The number of nitrogens with one attached hydrogen (secondary N) is 1. The molecule has 0 radical (unpaired) electrons. The molecule has 0 fully saturated rings. The molecule has 0 aliphatic carbocycles. The van der Waals surface area contributed by atoms with Gasteiger partial charge in [0.2, 0.25) is 11.8 Å². The lowest BCUT2D eigenvalue weighted by Crippen LogP contribution is -2.48. The summed E-state index contributed by atoms with van der Waals surface area (Å²) in [6.07, 6.45) is 1.12. The van der Waals surface area contributed by atoms with Gasteiger partial charge < -0.3 is 10.2 Å². The van der Waals surface area contributed by atoms with E-state index < -0.39 is 6.04 Å². The minimum Gasteiger partial charge on any atom is -0.354 e. The second kappa shape index (κ2) is 10.1. The van der Waals surface area contributed by atoms with Crippen LogP contribution in [0.25, 0.3) is 0 Å². The van der Waals surface area contributed by atoms with E-state index in [9.17, 15) is 9.59 Å². The molecule has 0 saturated heterocycles. The van der Waals surface area contributed by atoms with Crippen LogP contribution in [0.15, 0.2) is 48.5 Å². The molecule has 0 saturated carbocycles. The summed E-state index contributed by atoms with van der Waals surface area (Å²) in [6.45, 7) is 6.74. The lowest BCUT2D eigenvalue weighted by atomic mass is 10.1. The van der Waals surface area contributed by atoms with Crippen molar-refractivity contribution in [2.45, 2.75) is 46.2 Å². The van der Waals surface area contributed by atoms with Crippen LogP contribution in [0.2, 0.25) is 5.02 Å². The van der Waals surface area contributed by atoms with E-state index in [2.05, 4.69) is 5.32 Å². The number of hydrogen-bond donors (Lipinski definition) is 1. The smallest absolute Gasteiger partial charge is 0.242 e. The maximum atomic E-state index is 13.0. The summed E-state index contributed by atoms with van der Waals surface area (Å²) in [5.74, 6) is -0.210. The van der Waals surface area contributed by atoms with Gasteiger partial charge >= 0.3 is 0 Å². The molecule has 2 aromatic rings. The molecular weight excluding hydrogens is 360 g/mol. The van der Waals surface area contributed by atoms with Gasteiger partial charge in [0.1, 0.15) is 6.04 Å². The van der Waals surface area contributed by atoms with Gasteiger partial charge in [-0.2, -0.15) is 0 Å². The average Bonchev–Trinajstić information content (AvgIpc) is 2.65. The van der Waals surface area contributed by atoms with Crippen LogP contribution >= 0.6 is 11.6 Å². The molecule has 1 atom stereocenters. The van der Waals surface area contributed by atoms with Crippen molar-refractivity contribution < 1.29 is 9.59 Å². The highest BCUT2D eigenvalue weighted by molar-refractivity contribution is 6.30. The summed E-state index contributed by atoms with van der Waals surface area (Å²) in [5, 5.41) is 3.53. The van der Waals surface area contributed by atoms with Crippen molar-refractivity contribution in [1.82, 2.24) is 10.2 Å². The van der Waals surface area contributed by atoms with Gasteiger partial charge in [-0.15, -0.1) is 0 Å². The Labute approximate surface area is 166 Å². The maximum Gasteiger partial charge on any atom is 0.242 e. The molecule has 2 aromatic carbocycles. The van der Waals surface area contributed by atoms with Gasteiger partial charge in [-0.25, -0.2) is 0 Å². The van der Waals surface area contributed by atoms with Gasteiger partial charge in [-0.05, 0) is 43.5 Å². The van der Waals surface area contributed by atoms with Crippen LogP contribution in [0, 0.1) is 6.92 Å². The quantitative estimate of drug-likeness (QED) is 0.741. The lowest BCUT2D eigenvalue weighted by Gasteiger charge is -2.29. The summed E-state index contributed by atoms with van der Waals surface area (Å²) >= 11 is 5.96. The van der Waals surface area contributed by atoms with Crippen molar-refractivity contribution in [2.24, 2.45) is 0 Å². The van der Waals surface area contributed by atoms with E-state index in [1.165, 1.54) is 0 Å². The Morgan fingerprint density at radius 1 is 1.11 bits per heavy atom. The summed E-state index contributed by atoms with van der Waals surface area (Å²) < 4.78 is 0. The Hall–Kier alpha value is -2.33. The van der Waals surface area contributed by atoms with E-state index in [1.54, 1.807) is 24.0 Å². The molecule has 1 N–H and O–H groups in total. The van der Waals surface area contributed by atoms with Gasteiger partial charge in [0.25, 0.3) is 0 Å². The summed E-state index contributed by atoms with van der Waals surface area (Å²) in [7, 11) is 0. The number of nitrogens with zero attached hydrogens (tertiary/aromatic N) is 1. The fourth-order valence-corrected chi connectivity index (χ4v) is 2.99. The Kier molecular flexibility index (Phi) is 7.86. The first-order valence-electron chi connectivity index (χ1n) is 9.28. The number of rotatable bonds is 8. The zero-order chi connectivity index (χ0) is 19.8. The van der Waals surface area contributed by atoms with Crippen LogP contribution in [0.4, 0.5) is 0 Å². The van der Waals surface area contributed by atoms with Crippen molar-refractivity contribution >= 4 is 23.4 Å². The summed E-state index contributed by atoms with van der Waals surface area (Å²) in [5.41, 5.74) is 2.99. The molecule has 0 bridgehead atoms. The molecule has 0 unspecified atom stereocenters.